The monoisotopic (exact) mass is 375 g/mol. The summed E-state index contributed by atoms with van der Waals surface area (Å²) in [4.78, 5) is 0. The zero-order valence-electron chi connectivity index (χ0n) is 12.1. The molecule has 0 aliphatic carbocycles. The number of aryl methyl sites for hydroxylation is 1. The van der Waals surface area contributed by atoms with Gasteiger partial charge in [-0.25, -0.2) is 0 Å². The van der Waals surface area contributed by atoms with Crippen molar-refractivity contribution in [3.8, 4) is 16.9 Å². The Morgan fingerprint density at radius 3 is 2.21 bits per heavy atom. The quantitative estimate of drug-likeness (QED) is 0.730. The second kappa shape index (κ2) is 5.71. The average molecular weight is 376 g/mol. The van der Waals surface area contributed by atoms with Crippen LogP contribution < -0.4 is 5.73 Å². The summed E-state index contributed by atoms with van der Waals surface area (Å²) in [7, 11) is 1.63. The summed E-state index contributed by atoms with van der Waals surface area (Å²) in [5, 5.41) is 8.01. The molecule has 126 valence electrons. The van der Waals surface area contributed by atoms with Crippen LogP contribution in [0.4, 0.5) is 19.0 Å². The lowest BCUT2D eigenvalue weighted by atomic mass is 10.1. The smallest absolute Gasteiger partial charge is 0.383 e. The van der Waals surface area contributed by atoms with Crippen molar-refractivity contribution in [2.45, 2.75) is 6.18 Å². The molecule has 0 bridgehead atoms. The van der Waals surface area contributed by atoms with E-state index < -0.39 is 11.9 Å². The van der Waals surface area contributed by atoms with Crippen LogP contribution in [0.1, 0.15) is 5.69 Å². The summed E-state index contributed by atoms with van der Waals surface area (Å²) in [5.74, 6) is -0.0424. The first-order valence-corrected chi connectivity index (χ1v) is 7.34. The maximum atomic E-state index is 13.4. The molecule has 0 amide bonds. The zero-order chi connectivity index (χ0) is 17.6. The fraction of sp³-hybridized carbons (Fsp3) is 0.143. The Balaban J connectivity index is 2.29. The number of nitrogen functional groups attached to an aromatic ring is 1. The van der Waals surface area contributed by atoms with Gasteiger partial charge < -0.3 is 5.73 Å². The molecule has 0 unspecified atom stereocenters. The lowest BCUT2D eigenvalue weighted by Gasteiger charge is -2.08. The van der Waals surface area contributed by atoms with Gasteiger partial charge in [0.05, 0.1) is 5.56 Å². The zero-order valence-corrected chi connectivity index (χ0v) is 13.7. The third-order valence-electron chi connectivity index (χ3n) is 3.26. The summed E-state index contributed by atoms with van der Waals surface area (Å²) >= 11 is 11.8. The van der Waals surface area contributed by atoms with Crippen LogP contribution in [-0.2, 0) is 13.2 Å². The molecule has 2 heterocycles. The van der Waals surface area contributed by atoms with Crippen LogP contribution in [0.5, 0.6) is 0 Å². The predicted octanol–water partition coefficient (Wildman–Crippen LogP) is 4.18. The van der Waals surface area contributed by atoms with Crippen LogP contribution in [0.15, 0.2) is 30.5 Å². The third kappa shape index (κ3) is 2.94. The summed E-state index contributed by atoms with van der Waals surface area (Å²) in [6.45, 7) is 0. The minimum absolute atomic E-state index is 0.125. The van der Waals surface area contributed by atoms with Crippen molar-refractivity contribution < 1.29 is 13.2 Å². The first kappa shape index (κ1) is 16.7. The van der Waals surface area contributed by atoms with Gasteiger partial charge in [0, 0.05) is 29.4 Å². The highest BCUT2D eigenvalue weighted by molar-refractivity contribution is 6.35. The van der Waals surface area contributed by atoms with Gasteiger partial charge in [-0.3, -0.25) is 4.68 Å². The number of halogens is 5. The van der Waals surface area contributed by atoms with E-state index in [9.17, 15) is 13.2 Å². The van der Waals surface area contributed by atoms with Gasteiger partial charge in [0.25, 0.3) is 0 Å². The number of hydrogen-bond acceptors (Lipinski definition) is 3. The Labute approximate surface area is 144 Å². The number of benzene rings is 1. The van der Waals surface area contributed by atoms with Crippen LogP contribution in [0.2, 0.25) is 10.0 Å². The van der Waals surface area contributed by atoms with Crippen molar-refractivity contribution in [2.75, 3.05) is 5.73 Å². The summed E-state index contributed by atoms with van der Waals surface area (Å²) < 4.78 is 42.6. The first-order chi connectivity index (χ1) is 11.2. The van der Waals surface area contributed by atoms with Gasteiger partial charge in [0.15, 0.2) is 11.5 Å². The Morgan fingerprint density at radius 2 is 1.71 bits per heavy atom. The minimum atomic E-state index is -4.71. The maximum absolute atomic E-state index is 13.4. The molecule has 0 radical (unpaired) electrons. The Hall–Kier alpha value is -2.19. The molecule has 5 nitrogen and oxygen atoms in total. The van der Waals surface area contributed by atoms with E-state index in [0.717, 1.165) is 4.68 Å². The van der Waals surface area contributed by atoms with Gasteiger partial charge in [0.1, 0.15) is 5.82 Å². The summed E-state index contributed by atoms with van der Waals surface area (Å²) in [6.07, 6.45) is -3.14. The van der Waals surface area contributed by atoms with E-state index in [2.05, 4.69) is 10.2 Å². The lowest BCUT2D eigenvalue weighted by Crippen LogP contribution is -2.09. The molecule has 2 N–H and O–H groups in total. The molecule has 0 saturated heterocycles. The molecule has 3 aromatic rings. The molecule has 3 rings (SSSR count). The van der Waals surface area contributed by atoms with Crippen LogP contribution in [-0.4, -0.2) is 19.6 Å². The molecule has 10 heteroatoms. The third-order valence-corrected chi connectivity index (χ3v) is 3.69. The fourth-order valence-electron chi connectivity index (χ4n) is 2.30. The number of nitrogens with two attached hydrogens (primary N) is 1. The van der Waals surface area contributed by atoms with Crippen molar-refractivity contribution in [1.29, 1.82) is 0 Å². The summed E-state index contributed by atoms with van der Waals surface area (Å²) in [5.41, 5.74) is 4.63. The molecule has 0 spiro atoms. The van der Waals surface area contributed by atoms with Crippen molar-refractivity contribution in [2.24, 2.45) is 7.05 Å². The van der Waals surface area contributed by atoms with E-state index >= 15 is 0 Å². The van der Waals surface area contributed by atoms with Gasteiger partial charge in [-0.05, 0) is 23.8 Å². The highest BCUT2D eigenvalue weighted by Crippen LogP contribution is 2.41. The van der Waals surface area contributed by atoms with Crippen LogP contribution in [0.25, 0.3) is 16.9 Å². The van der Waals surface area contributed by atoms with E-state index in [4.69, 9.17) is 28.9 Å². The molecule has 0 saturated carbocycles. The molecular formula is C14H10Cl2F3N5. The topological polar surface area (TPSA) is 61.7 Å². The van der Waals surface area contributed by atoms with Crippen LogP contribution in [0.3, 0.4) is 0 Å². The van der Waals surface area contributed by atoms with Crippen molar-refractivity contribution in [3.05, 3.63) is 46.2 Å². The molecule has 1 aromatic carbocycles. The van der Waals surface area contributed by atoms with Crippen molar-refractivity contribution in [1.82, 2.24) is 19.6 Å². The van der Waals surface area contributed by atoms with Crippen LogP contribution >= 0.6 is 23.2 Å². The number of aromatic nitrogens is 4. The molecule has 0 aliphatic heterocycles. The Bertz CT molecular complexity index is 894. The van der Waals surface area contributed by atoms with Crippen molar-refractivity contribution in [3.63, 3.8) is 0 Å². The van der Waals surface area contributed by atoms with Crippen molar-refractivity contribution >= 4 is 29.0 Å². The standard InChI is InChI=1S/C14H10Cl2F3N5/c1-23-3-2-10(21-23)24-13(20)11(12(22-24)14(17,18)19)7-4-8(15)6-9(16)5-7/h2-6H,20H2,1H3. The van der Waals surface area contributed by atoms with Gasteiger partial charge in [-0.2, -0.15) is 28.1 Å². The first-order valence-electron chi connectivity index (χ1n) is 6.59. The molecule has 0 aliphatic rings. The van der Waals surface area contributed by atoms with Gasteiger partial charge in [0.2, 0.25) is 0 Å². The largest absolute Gasteiger partial charge is 0.435 e. The number of anilines is 1. The van der Waals surface area contributed by atoms with E-state index in [-0.39, 0.29) is 32.8 Å². The maximum Gasteiger partial charge on any atom is 0.435 e. The summed E-state index contributed by atoms with van der Waals surface area (Å²) in [6, 6.07) is 5.61. The number of alkyl halides is 3. The van der Waals surface area contributed by atoms with E-state index in [1.165, 1.54) is 28.9 Å². The highest BCUT2D eigenvalue weighted by atomic mass is 35.5. The number of rotatable bonds is 2. The predicted molar refractivity (Wildman–Crippen MR) is 85.2 cm³/mol. The number of hydrogen-bond donors (Lipinski definition) is 1. The number of nitrogens with zero attached hydrogens (tertiary/aromatic N) is 4. The SMILES string of the molecule is Cn1ccc(-n2nc(C(F)(F)F)c(-c3cc(Cl)cc(Cl)c3)c2N)n1. The van der Waals surface area contributed by atoms with Gasteiger partial charge in [-0.1, -0.05) is 23.2 Å². The van der Waals surface area contributed by atoms with E-state index in [1.54, 1.807) is 13.2 Å². The Morgan fingerprint density at radius 1 is 1.08 bits per heavy atom. The van der Waals surface area contributed by atoms with E-state index in [1.807, 2.05) is 0 Å². The second-order valence-electron chi connectivity index (χ2n) is 5.02. The second-order valence-corrected chi connectivity index (χ2v) is 5.90. The van der Waals surface area contributed by atoms with Crippen LogP contribution in [0, 0.1) is 0 Å². The van der Waals surface area contributed by atoms with Gasteiger partial charge >= 0.3 is 6.18 Å². The highest BCUT2D eigenvalue weighted by Gasteiger charge is 2.40. The molecule has 0 atom stereocenters. The van der Waals surface area contributed by atoms with Gasteiger partial charge in [-0.15, -0.1) is 0 Å². The molecule has 0 fully saturated rings. The fourth-order valence-corrected chi connectivity index (χ4v) is 2.83. The minimum Gasteiger partial charge on any atom is -0.383 e. The average Bonchev–Trinajstić information content (AvgIpc) is 3.00. The van der Waals surface area contributed by atoms with E-state index in [0.29, 0.717) is 0 Å². The normalized spacial score (nSPS) is 11.9. The molecular weight excluding hydrogens is 366 g/mol. The lowest BCUT2D eigenvalue weighted by molar-refractivity contribution is -0.140. The molecule has 24 heavy (non-hydrogen) atoms. The Kier molecular flexibility index (Phi) is 3.97. The molecule has 2 aromatic heterocycles.